The van der Waals surface area contributed by atoms with E-state index in [0.717, 1.165) is 31.4 Å². The van der Waals surface area contributed by atoms with Gasteiger partial charge < -0.3 is 8.85 Å². The second kappa shape index (κ2) is 13.2. The average molecular weight is 306 g/mol. The van der Waals surface area contributed by atoms with Crippen LogP contribution in [0.25, 0.3) is 0 Å². The third-order valence-electron chi connectivity index (χ3n) is 3.08. The molecule has 0 saturated carbocycles. The first-order valence-corrected chi connectivity index (χ1v) is 9.64. The molecule has 0 aromatic carbocycles. The molecule has 0 fully saturated rings. The van der Waals surface area contributed by atoms with Crippen LogP contribution in [0.15, 0.2) is 0 Å². The van der Waals surface area contributed by atoms with E-state index in [4.69, 9.17) is 8.85 Å². The molecule has 1 unspecified atom stereocenters. The summed E-state index contributed by atoms with van der Waals surface area (Å²) < 4.78 is 10.6. The lowest BCUT2D eigenvalue weighted by Gasteiger charge is -2.16. The van der Waals surface area contributed by atoms with E-state index in [0.29, 0.717) is 10.7 Å². The number of rotatable bonds is 12. The van der Waals surface area contributed by atoms with Gasteiger partial charge in [-0.05, 0) is 19.3 Å². The van der Waals surface area contributed by atoms with Crippen LogP contribution in [0, 0.1) is 0 Å². The zero-order chi connectivity index (χ0) is 14.5. The SMILES string of the molecule is CCCCCCC(=O)SCCCC(C)[Si](OC)OC. The molecular formula is C14H29O3SSi. The Kier molecular flexibility index (Phi) is 13.3. The first-order chi connectivity index (χ1) is 9.15. The maximum Gasteiger partial charge on any atom is 0.387 e. The van der Waals surface area contributed by atoms with Crippen molar-refractivity contribution in [2.75, 3.05) is 20.0 Å². The largest absolute Gasteiger partial charge is 0.397 e. The van der Waals surface area contributed by atoms with Crippen molar-refractivity contribution in [3.05, 3.63) is 0 Å². The van der Waals surface area contributed by atoms with Crippen LogP contribution in [0.1, 0.15) is 58.8 Å². The Balaban J connectivity index is 3.49. The number of carbonyl (C=O) groups excluding carboxylic acids is 1. The quantitative estimate of drug-likeness (QED) is 0.400. The number of hydrogen-bond donors (Lipinski definition) is 0. The fourth-order valence-electron chi connectivity index (χ4n) is 1.95. The van der Waals surface area contributed by atoms with Crippen LogP contribution in [0.4, 0.5) is 0 Å². The topological polar surface area (TPSA) is 35.5 Å². The smallest absolute Gasteiger partial charge is 0.387 e. The molecule has 3 nitrogen and oxygen atoms in total. The van der Waals surface area contributed by atoms with Gasteiger partial charge in [0.1, 0.15) is 0 Å². The zero-order valence-electron chi connectivity index (χ0n) is 12.9. The Hall–Kier alpha value is 0.157. The van der Waals surface area contributed by atoms with Gasteiger partial charge in [0.25, 0.3) is 0 Å². The molecule has 0 N–H and O–H groups in total. The predicted molar refractivity (Wildman–Crippen MR) is 84.7 cm³/mol. The zero-order valence-corrected chi connectivity index (χ0v) is 14.7. The summed E-state index contributed by atoms with van der Waals surface area (Å²) in [6, 6.07) is 0. The van der Waals surface area contributed by atoms with Crippen molar-refractivity contribution in [1.29, 1.82) is 0 Å². The lowest BCUT2D eigenvalue weighted by atomic mass is 10.2. The van der Waals surface area contributed by atoms with E-state index in [1.807, 2.05) is 0 Å². The number of hydrogen-bond acceptors (Lipinski definition) is 4. The molecule has 5 heteroatoms. The van der Waals surface area contributed by atoms with E-state index >= 15 is 0 Å². The molecule has 0 amide bonds. The summed E-state index contributed by atoms with van der Waals surface area (Å²) >= 11 is 1.49. The van der Waals surface area contributed by atoms with E-state index in [2.05, 4.69) is 13.8 Å². The summed E-state index contributed by atoms with van der Waals surface area (Å²) in [6.07, 6.45) is 7.59. The van der Waals surface area contributed by atoms with Crippen LogP contribution in [-0.4, -0.2) is 34.4 Å². The summed E-state index contributed by atoms with van der Waals surface area (Å²) in [5, 5.41) is 0.354. The lowest BCUT2D eigenvalue weighted by molar-refractivity contribution is -0.111. The molecule has 0 saturated heterocycles. The fraction of sp³-hybridized carbons (Fsp3) is 0.929. The Morgan fingerprint density at radius 3 is 2.42 bits per heavy atom. The molecule has 0 aromatic heterocycles. The molecule has 0 spiro atoms. The Morgan fingerprint density at radius 2 is 1.84 bits per heavy atom. The van der Waals surface area contributed by atoms with Gasteiger partial charge >= 0.3 is 9.28 Å². The van der Waals surface area contributed by atoms with Crippen molar-refractivity contribution in [3.63, 3.8) is 0 Å². The molecule has 113 valence electrons. The van der Waals surface area contributed by atoms with Crippen molar-refractivity contribution in [3.8, 4) is 0 Å². The molecule has 0 aliphatic rings. The van der Waals surface area contributed by atoms with E-state index in [1.165, 1.54) is 31.0 Å². The monoisotopic (exact) mass is 305 g/mol. The van der Waals surface area contributed by atoms with Gasteiger partial charge in [0.05, 0.1) is 0 Å². The minimum Gasteiger partial charge on any atom is -0.397 e. The number of carbonyl (C=O) groups is 1. The fourth-order valence-corrected chi connectivity index (χ4v) is 4.19. The van der Waals surface area contributed by atoms with Crippen LogP contribution in [0.2, 0.25) is 5.54 Å². The predicted octanol–water partition coefficient (Wildman–Crippen LogP) is 4.17. The highest BCUT2D eigenvalue weighted by molar-refractivity contribution is 8.13. The van der Waals surface area contributed by atoms with E-state index in [9.17, 15) is 4.79 Å². The lowest BCUT2D eigenvalue weighted by Crippen LogP contribution is -2.24. The molecule has 0 heterocycles. The Morgan fingerprint density at radius 1 is 1.16 bits per heavy atom. The van der Waals surface area contributed by atoms with Gasteiger partial charge in [-0.2, -0.15) is 0 Å². The molecule has 0 bridgehead atoms. The average Bonchev–Trinajstić information content (AvgIpc) is 2.41. The van der Waals surface area contributed by atoms with Crippen LogP contribution < -0.4 is 0 Å². The maximum absolute atomic E-state index is 11.6. The van der Waals surface area contributed by atoms with Crippen molar-refractivity contribution < 1.29 is 13.6 Å². The molecule has 19 heavy (non-hydrogen) atoms. The minimum absolute atomic E-state index is 0.354. The highest BCUT2D eigenvalue weighted by Gasteiger charge is 2.21. The van der Waals surface area contributed by atoms with Crippen LogP contribution >= 0.6 is 11.8 Å². The third-order valence-corrected chi connectivity index (χ3v) is 6.00. The van der Waals surface area contributed by atoms with Crippen LogP contribution in [-0.2, 0) is 13.6 Å². The third kappa shape index (κ3) is 10.6. The second-order valence-corrected chi connectivity index (χ2v) is 8.39. The van der Waals surface area contributed by atoms with Crippen molar-refractivity contribution in [2.24, 2.45) is 0 Å². The van der Waals surface area contributed by atoms with Gasteiger partial charge in [-0.25, -0.2) is 0 Å². The Bertz CT molecular complexity index is 223. The van der Waals surface area contributed by atoms with Gasteiger partial charge in [0, 0.05) is 31.9 Å². The van der Waals surface area contributed by atoms with E-state index in [-0.39, 0.29) is 0 Å². The van der Waals surface area contributed by atoms with Crippen molar-refractivity contribution in [1.82, 2.24) is 0 Å². The molecule has 0 rings (SSSR count). The van der Waals surface area contributed by atoms with Gasteiger partial charge in [0.15, 0.2) is 5.12 Å². The first-order valence-electron chi connectivity index (χ1n) is 7.26. The van der Waals surface area contributed by atoms with Crippen LogP contribution in [0.3, 0.4) is 0 Å². The number of unbranched alkanes of at least 4 members (excludes halogenated alkanes) is 3. The minimum atomic E-state index is -1.12. The van der Waals surface area contributed by atoms with Gasteiger partial charge in [-0.15, -0.1) is 0 Å². The molecule has 1 radical (unpaired) electrons. The standard InChI is InChI=1S/C14H29O3SSi/c1-5-6-7-8-11-14(15)18-12-9-10-13(2)19(16-3)17-4/h13H,5-12H2,1-4H3. The van der Waals surface area contributed by atoms with Gasteiger partial charge in [-0.1, -0.05) is 44.9 Å². The number of thioether (sulfide) groups is 1. The summed E-state index contributed by atoms with van der Waals surface area (Å²) in [4.78, 5) is 11.6. The highest BCUT2D eigenvalue weighted by Crippen LogP contribution is 2.20. The molecule has 0 aliphatic heterocycles. The maximum atomic E-state index is 11.6. The molecule has 0 aliphatic carbocycles. The molecule has 1 atom stereocenters. The van der Waals surface area contributed by atoms with Crippen molar-refractivity contribution >= 4 is 26.2 Å². The summed E-state index contributed by atoms with van der Waals surface area (Å²) in [5.41, 5.74) is 0.472. The molecule has 0 aromatic rings. The first kappa shape index (κ1) is 19.2. The Labute approximate surface area is 124 Å². The summed E-state index contributed by atoms with van der Waals surface area (Å²) in [6.45, 7) is 4.35. The summed E-state index contributed by atoms with van der Waals surface area (Å²) in [5.74, 6) is 0.930. The van der Waals surface area contributed by atoms with E-state index in [1.54, 1.807) is 14.2 Å². The molecular weight excluding hydrogens is 276 g/mol. The summed E-state index contributed by atoms with van der Waals surface area (Å²) in [7, 11) is 2.31. The van der Waals surface area contributed by atoms with Gasteiger partial charge in [0.2, 0.25) is 0 Å². The normalized spacial score (nSPS) is 12.9. The van der Waals surface area contributed by atoms with Crippen LogP contribution in [0.5, 0.6) is 0 Å². The second-order valence-electron chi connectivity index (χ2n) is 4.80. The van der Waals surface area contributed by atoms with Gasteiger partial charge in [-0.3, -0.25) is 4.79 Å². The highest BCUT2D eigenvalue weighted by atomic mass is 32.2. The van der Waals surface area contributed by atoms with E-state index < -0.39 is 9.28 Å². The van der Waals surface area contributed by atoms with Crippen molar-refractivity contribution in [2.45, 2.75) is 64.3 Å².